The molecule has 0 aliphatic carbocycles. The summed E-state index contributed by atoms with van der Waals surface area (Å²) in [7, 11) is 0. The van der Waals surface area contributed by atoms with Crippen molar-refractivity contribution in [1.82, 2.24) is 20.2 Å². The second-order valence-electron chi connectivity index (χ2n) is 7.86. The topological polar surface area (TPSA) is 85.2 Å². The van der Waals surface area contributed by atoms with Crippen LogP contribution in [0, 0.1) is 6.92 Å². The molecule has 1 aliphatic rings. The third-order valence-corrected chi connectivity index (χ3v) is 5.61. The molecule has 7 nitrogen and oxygen atoms in total. The number of nitrogens with one attached hydrogen (secondary N) is 2. The number of aryl methyl sites for hydroxylation is 1. The van der Waals surface area contributed by atoms with Gasteiger partial charge in [-0.1, -0.05) is 30.3 Å². The fourth-order valence-corrected chi connectivity index (χ4v) is 3.94. The predicted octanol–water partition coefficient (Wildman–Crippen LogP) is 2.61. The first-order valence-electron chi connectivity index (χ1n) is 10.8. The van der Waals surface area contributed by atoms with E-state index in [0.717, 1.165) is 41.9 Å². The Kier molecular flexibility index (Phi) is 6.62. The van der Waals surface area contributed by atoms with Crippen molar-refractivity contribution in [2.24, 2.45) is 0 Å². The number of nitrogens with zero attached hydrogens (tertiary/aromatic N) is 2. The molecule has 2 N–H and O–H groups in total. The van der Waals surface area contributed by atoms with Crippen molar-refractivity contribution in [2.45, 2.75) is 38.8 Å². The van der Waals surface area contributed by atoms with Crippen LogP contribution in [0.4, 0.5) is 0 Å². The van der Waals surface area contributed by atoms with Crippen molar-refractivity contribution < 1.29 is 14.3 Å². The summed E-state index contributed by atoms with van der Waals surface area (Å²) in [6, 6.07) is 15.3. The van der Waals surface area contributed by atoms with E-state index in [1.54, 1.807) is 0 Å². The summed E-state index contributed by atoms with van der Waals surface area (Å²) in [6.45, 7) is 3.85. The maximum atomic E-state index is 12.6. The van der Waals surface area contributed by atoms with Gasteiger partial charge < -0.3 is 19.9 Å². The van der Waals surface area contributed by atoms with Gasteiger partial charge in [-0.05, 0) is 43.5 Å². The molecular formula is C24H28N4O3. The van der Waals surface area contributed by atoms with Crippen molar-refractivity contribution >= 4 is 22.8 Å². The summed E-state index contributed by atoms with van der Waals surface area (Å²) in [4.78, 5) is 29.8. The number of hydrogen-bond acceptors (Lipinski definition) is 4. The monoisotopic (exact) mass is 420 g/mol. The van der Waals surface area contributed by atoms with E-state index in [2.05, 4.69) is 10.6 Å². The molecule has 3 aromatic rings. The van der Waals surface area contributed by atoms with E-state index in [0.29, 0.717) is 25.1 Å². The lowest BCUT2D eigenvalue weighted by molar-refractivity contribution is -0.122. The standard InChI is InChI=1S/C24H28N4O3/c1-17-7-2-3-9-19(17)24(30)25-13-12-22-27-20-10-4-5-11-21(20)28(22)16-23(29)26-15-18-8-6-14-31-18/h2-5,7,9-11,18H,6,8,12-16H2,1H3,(H,25,30)(H,26,29). The van der Waals surface area contributed by atoms with Gasteiger partial charge in [-0.2, -0.15) is 0 Å². The molecule has 1 aromatic heterocycles. The first-order valence-corrected chi connectivity index (χ1v) is 10.8. The second-order valence-corrected chi connectivity index (χ2v) is 7.86. The zero-order valence-electron chi connectivity index (χ0n) is 17.8. The molecule has 1 saturated heterocycles. The van der Waals surface area contributed by atoms with E-state index < -0.39 is 0 Å². The van der Waals surface area contributed by atoms with Crippen LogP contribution in [0.15, 0.2) is 48.5 Å². The number of amides is 2. The van der Waals surface area contributed by atoms with Crippen LogP contribution in [0.25, 0.3) is 11.0 Å². The lowest BCUT2D eigenvalue weighted by Crippen LogP contribution is -2.34. The molecule has 1 fully saturated rings. The van der Waals surface area contributed by atoms with Gasteiger partial charge in [0.15, 0.2) is 0 Å². The lowest BCUT2D eigenvalue weighted by atomic mass is 10.1. The zero-order valence-corrected chi connectivity index (χ0v) is 17.8. The number of rotatable bonds is 8. The molecule has 162 valence electrons. The third kappa shape index (κ3) is 5.11. The molecule has 1 atom stereocenters. The first-order chi connectivity index (χ1) is 15.1. The molecule has 1 unspecified atom stereocenters. The fraction of sp³-hybridized carbons (Fsp3) is 0.375. The van der Waals surface area contributed by atoms with Crippen molar-refractivity contribution in [3.63, 3.8) is 0 Å². The minimum Gasteiger partial charge on any atom is -0.376 e. The number of carbonyl (C=O) groups is 2. The quantitative estimate of drug-likeness (QED) is 0.587. The second kappa shape index (κ2) is 9.75. The zero-order chi connectivity index (χ0) is 21.6. The van der Waals surface area contributed by atoms with Gasteiger partial charge in [0.1, 0.15) is 12.4 Å². The van der Waals surface area contributed by atoms with Gasteiger partial charge in [0.25, 0.3) is 5.91 Å². The Morgan fingerprint density at radius 2 is 1.94 bits per heavy atom. The van der Waals surface area contributed by atoms with Crippen molar-refractivity contribution in [2.75, 3.05) is 19.7 Å². The maximum Gasteiger partial charge on any atom is 0.251 e. The summed E-state index contributed by atoms with van der Waals surface area (Å²) in [5, 5.41) is 5.94. The Morgan fingerprint density at radius 1 is 1.13 bits per heavy atom. The van der Waals surface area contributed by atoms with Crippen LogP contribution in [-0.4, -0.2) is 47.2 Å². The largest absolute Gasteiger partial charge is 0.376 e. The summed E-state index contributed by atoms with van der Waals surface area (Å²) in [6.07, 6.45) is 2.68. The minimum absolute atomic E-state index is 0.0659. The Balaban J connectivity index is 1.41. The number of carbonyl (C=O) groups excluding carboxylic acids is 2. The van der Waals surface area contributed by atoms with E-state index in [1.807, 2.05) is 60.0 Å². The molecular weight excluding hydrogens is 392 g/mol. The van der Waals surface area contributed by atoms with Gasteiger partial charge in [-0.3, -0.25) is 9.59 Å². The van der Waals surface area contributed by atoms with Crippen LogP contribution >= 0.6 is 0 Å². The van der Waals surface area contributed by atoms with Crippen LogP contribution in [0.5, 0.6) is 0 Å². The van der Waals surface area contributed by atoms with E-state index in [-0.39, 0.29) is 24.5 Å². The predicted molar refractivity (Wildman–Crippen MR) is 119 cm³/mol. The Bertz CT molecular complexity index is 1070. The number of hydrogen-bond donors (Lipinski definition) is 2. The van der Waals surface area contributed by atoms with Gasteiger partial charge in [0, 0.05) is 31.7 Å². The molecule has 31 heavy (non-hydrogen) atoms. The normalized spacial score (nSPS) is 15.8. The summed E-state index contributed by atoms with van der Waals surface area (Å²) in [5.74, 6) is 0.609. The number of aromatic nitrogens is 2. The van der Waals surface area contributed by atoms with Gasteiger partial charge in [0.05, 0.1) is 17.1 Å². The Morgan fingerprint density at radius 3 is 2.74 bits per heavy atom. The Labute approximate surface area is 181 Å². The van der Waals surface area contributed by atoms with Gasteiger partial charge >= 0.3 is 0 Å². The highest BCUT2D eigenvalue weighted by Crippen LogP contribution is 2.17. The highest BCUT2D eigenvalue weighted by Gasteiger charge is 2.18. The molecule has 7 heteroatoms. The van der Waals surface area contributed by atoms with Crippen LogP contribution < -0.4 is 10.6 Å². The van der Waals surface area contributed by atoms with Gasteiger partial charge in [0.2, 0.25) is 5.91 Å². The van der Waals surface area contributed by atoms with E-state index in [4.69, 9.17) is 9.72 Å². The van der Waals surface area contributed by atoms with Crippen molar-refractivity contribution in [3.05, 3.63) is 65.5 Å². The number of imidazole rings is 1. The van der Waals surface area contributed by atoms with Crippen LogP contribution in [0.3, 0.4) is 0 Å². The average Bonchev–Trinajstić information content (AvgIpc) is 3.41. The molecule has 1 aliphatic heterocycles. The van der Waals surface area contributed by atoms with Crippen molar-refractivity contribution in [1.29, 1.82) is 0 Å². The smallest absolute Gasteiger partial charge is 0.251 e. The van der Waals surface area contributed by atoms with E-state index in [1.165, 1.54) is 0 Å². The SMILES string of the molecule is Cc1ccccc1C(=O)NCCc1nc2ccccc2n1CC(=O)NCC1CCCO1. The maximum absolute atomic E-state index is 12.6. The summed E-state index contributed by atoms with van der Waals surface area (Å²) in [5.41, 5.74) is 3.37. The Hall–Kier alpha value is -3.19. The molecule has 0 bridgehead atoms. The number of ether oxygens (including phenoxy) is 1. The summed E-state index contributed by atoms with van der Waals surface area (Å²) < 4.78 is 7.51. The van der Waals surface area contributed by atoms with E-state index >= 15 is 0 Å². The molecule has 2 heterocycles. The van der Waals surface area contributed by atoms with E-state index in [9.17, 15) is 9.59 Å². The number of fused-ring (bicyclic) bond motifs is 1. The molecule has 0 spiro atoms. The molecule has 2 aromatic carbocycles. The molecule has 0 saturated carbocycles. The highest BCUT2D eigenvalue weighted by atomic mass is 16.5. The first kappa shape index (κ1) is 21.1. The van der Waals surface area contributed by atoms with Gasteiger partial charge in [-0.25, -0.2) is 4.98 Å². The average molecular weight is 421 g/mol. The summed E-state index contributed by atoms with van der Waals surface area (Å²) >= 11 is 0. The third-order valence-electron chi connectivity index (χ3n) is 5.61. The number of benzene rings is 2. The molecule has 2 amide bonds. The van der Waals surface area contributed by atoms with Gasteiger partial charge in [-0.15, -0.1) is 0 Å². The van der Waals surface area contributed by atoms with Crippen LogP contribution in [-0.2, 0) is 22.5 Å². The minimum atomic E-state index is -0.102. The van der Waals surface area contributed by atoms with Crippen molar-refractivity contribution in [3.8, 4) is 0 Å². The number of para-hydroxylation sites is 2. The van der Waals surface area contributed by atoms with Crippen LogP contribution in [0.2, 0.25) is 0 Å². The van der Waals surface area contributed by atoms with Crippen LogP contribution in [0.1, 0.15) is 34.6 Å². The molecule has 0 radical (unpaired) electrons. The highest BCUT2D eigenvalue weighted by molar-refractivity contribution is 5.95. The fourth-order valence-electron chi connectivity index (χ4n) is 3.94. The molecule has 4 rings (SSSR count). The lowest BCUT2D eigenvalue weighted by Gasteiger charge is -2.13.